The number of hydrogen-bond donors (Lipinski definition) is 1. The van der Waals surface area contributed by atoms with Crippen molar-refractivity contribution in [3.8, 4) is 11.3 Å². The zero-order valence-corrected chi connectivity index (χ0v) is 11.4. The van der Waals surface area contributed by atoms with E-state index in [1.807, 2.05) is 37.3 Å². The minimum atomic E-state index is -1.06. The topological polar surface area (TPSA) is 81.2 Å². The van der Waals surface area contributed by atoms with Crippen LogP contribution in [0.15, 0.2) is 47.0 Å². The number of carboxylic acids is 1. The lowest BCUT2D eigenvalue weighted by atomic mass is 10.1. The van der Waals surface area contributed by atoms with Crippen LogP contribution in [0.3, 0.4) is 0 Å². The third kappa shape index (κ3) is 2.69. The molecular weight excluding hydrogens is 270 g/mol. The maximum absolute atomic E-state index is 11.1. The first-order chi connectivity index (χ1) is 10.1. The van der Waals surface area contributed by atoms with Crippen molar-refractivity contribution in [1.82, 2.24) is 14.9 Å². The van der Waals surface area contributed by atoms with Gasteiger partial charge >= 0.3 is 5.97 Å². The van der Waals surface area contributed by atoms with Gasteiger partial charge in [0.25, 0.3) is 0 Å². The first kappa shape index (κ1) is 13.1. The predicted octanol–water partition coefficient (Wildman–Crippen LogP) is 2.59. The van der Waals surface area contributed by atoms with Crippen LogP contribution < -0.4 is 0 Å². The summed E-state index contributed by atoms with van der Waals surface area (Å²) in [7, 11) is 0. The van der Waals surface area contributed by atoms with Gasteiger partial charge in [-0.25, -0.2) is 4.79 Å². The molecule has 0 fully saturated rings. The molecule has 6 nitrogen and oxygen atoms in total. The molecule has 0 amide bonds. The van der Waals surface area contributed by atoms with E-state index in [0.717, 1.165) is 17.0 Å². The van der Waals surface area contributed by atoms with Crippen molar-refractivity contribution in [3.63, 3.8) is 0 Å². The first-order valence-corrected chi connectivity index (χ1v) is 6.42. The Hall–Kier alpha value is -2.89. The monoisotopic (exact) mass is 283 g/mol. The molecule has 0 radical (unpaired) electrons. The molecule has 0 aliphatic carbocycles. The summed E-state index contributed by atoms with van der Waals surface area (Å²) < 4.78 is 6.78. The fourth-order valence-electron chi connectivity index (χ4n) is 2.12. The van der Waals surface area contributed by atoms with Crippen molar-refractivity contribution in [2.24, 2.45) is 0 Å². The van der Waals surface area contributed by atoms with Crippen molar-refractivity contribution in [1.29, 1.82) is 0 Å². The van der Waals surface area contributed by atoms with Crippen LogP contribution in [0.25, 0.3) is 11.3 Å². The maximum atomic E-state index is 11.1. The average Bonchev–Trinajstić information content (AvgIpc) is 3.07. The Morgan fingerprint density at radius 3 is 2.67 bits per heavy atom. The SMILES string of the molecule is Cc1cc(Cn2nc(C(=O)O)cc2-c2ccccc2)on1. The molecule has 0 bridgehead atoms. The number of benzene rings is 1. The van der Waals surface area contributed by atoms with E-state index in [1.165, 1.54) is 0 Å². The largest absolute Gasteiger partial charge is 0.476 e. The number of rotatable bonds is 4. The van der Waals surface area contributed by atoms with Gasteiger partial charge in [-0.2, -0.15) is 5.10 Å². The number of nitrogens with zero attached hydrogens (tertiary/aromatic N) is 3. The van der Waals surface area contributed by atoms with E-state index in [4.69, 9.17) is 9.63 Å². The van der Waals surface area contributed by atoms with E-state index in [-0.39, 0.29) is 5.69 Å². The molecule has 3 aromatic rings. The molecule has 0 aliphatic heterocycles. The molecule has 6 heteroatoms. The lowest BCUT2D eigenvalue weighted by molar-refractivity contribution is 0.0689. The van der Waals surface area contributed by atoms with Gasteiger partial charge in [-0.1, -0.05) is 35.5 Å². The standard InChI is InChI=1S/C15H13N3O3/c1-10-7-12(21-17-10)9-18-14(8-13(16-18)15(19)20)11-5-3-2-4-6-11/h2-8H,9H2,1H3,(H,19,20). The lowest BCUT2D eigenvalue weighted by Crippen LogP contribution is -2.05. The quantitative estimate of drug-likeness (QED) is 0.796. The summed E-state index contributed by atoms with van der Waals surface area (Å²) >= 11 is 0. The summed E-state index contributed by atoms with van der Waals surface area (Å²) in [5, 5.41) is 17.1. The fourth-order valence-corrected chi connectivity index (χ4v) is 2.12. The molecule has 0 spiro atoms. The summed E-state index contributed by atoms with van der Waals surface area (Å²) in [6.45, 7) is 2.16. The molecule has 0 saturated carbocycles. The zero-order chi connectivity index (χ0) is 14.8. The van der Waals surface area contributed by atoms with E-state index < -0.39 is 5.97 Å². The van der Waals surface area contributed by atoms with E-state index >= 15 is 0 Å². The molecule has 0 unspecified atom stereocenters. The van der Waals surface area contributed by atoms with Crippen LogP contribution in [-0.2, 0) is 6.54 Å². The van der Waals surface area contributed by atoms with Gasteiger partial charge in [0, 0.05) is 6.07 Å². The normalized spacial score (nSPS) is 10.7. The van der Waals surface area contributed by atoms with E-state index in [2.05, 4.69) is 10.3 Å². The zero-order valence-electron chi connectivity index (χ0n) is 11.4. The second-order valence-electron chi connectivity index (χ2n) is 4.68. The summed E-state index contributed by atoms with van der Waals surface area (Å²) in [4.78, 5) is 11.1. The number of hydrogen-bond acceptors (Lipinski definition) is 4. The van der Waals surface area contributed by atoms with Crippen LogP contribution in [0, 0.1) is 6.92 Å². The number of aromatic carboxylic acids is 1. The molecule has 21 heavy (non-hydrogen) atoms. The second-order valence-corrected chi connectivity index (χ2v) is 4.68. The third-order valence-corrected chi connectivity index (χ3v) is 3.05. The van der Waals surface area contributed by atoms with Gasteiger partial charge in [-0.3, -0.25) is 4.68 Å². The molecule has 0 atom stereocenters. The van der Waals surface area contributed by atoms with Crippen molar-refractivity contribution in [2.45, 2.75) is 13.5 Å². The Bertz CT molecular complexity index is 775. The van der Waals surface area contributed by atoms with E-state index in [1.54, 1.807) is 16.8 Å². The van der Waals surface area contributed by atoms with Crippen LogP contribution in [0.4, 0.5) is 0 Å². The Labute approximate surface area is 120 Å². The first-order valence-electron chi connectivity index (χ1n) is 6.42. The summed E-state index contributed by atoms with van der Waals surface area (Å²) in [5.74, 6) is -0.426. The van der Waals surface area contributed by atoms with Crippen molar-refractivity contribution < 1.29 is 14.4 Å². The van der Waals surface area contributed by atoms with Gasteiger partial charge < -0.3 is 9.63 Å². The molecule has 1 N–H and O–H groups in total. The highest BCUT2D eigenvalue weighted by molar-refractivity contribution is 5.87. The highest BCUT2D eigenvalue weighted by Gasteiger charge is 2.16. The number of aromatic nitrogens is 3. The Balaban J connectivity index is 2.03. The van der Waals surface area contributed by atoms with Crippen molar-refractivity contribution in [2.75, 3.05) is 0 Å². The van der Waals surface area contributed by atoms with Gasteiger partial charge in [-0.15, -0.1) is 0 Å². The fraction of sp³-hybridized carbons (Fsp3) is 0.133. The predicted molar refractivity (Wildman–Crippen MR) is 75.0 cm³/mol. The number of carbonyl (C=O) groups is 1. The van der Waals surface area contributed by atoms with E-state index in [9.17, 15) is 4.79 Å². The number of aryl methyl sites for hydroxylation is 1. The molecule has 3 rings (SSSR count). The van der Waals surface area contributed by atoms with Crippen molar-refractivity contribution in [3.05, 3.63) is 59.6 Å². The average molecular weight is 283 g/mol. The highest BCUT2D eigenvalue weighted by Crippen LogP contribution is 2.21. The third-order valence-electron chi connectivity index (χ3n) is 3.05. The molecule has 2 aromatic heterocycles. The molecule has 106 valence electrons. The lowest BCUT2D eigenvalue weighted by Gasteiger charge is -2.05. The molecular formula is C15H13N3O3. The van der Waals surface area contributed by atoms with Gasteiger partial charge in [0.1, 0.15) is 6.54 Å². The molecule has 0 saturated heterocycles. The van der Waals surface area contributed by atoms with Crippen LogP contribution >= 0.6 is 0 Å². The molecule has 0 aliphatic rings. The summed E-state index contributed by atoms with van der Waals surface area (Å²) in [6, 6.07) is 12.9. The van der Waals surface area contributed by atoms with Gasteiger partial charge in [-0.05, 0) is 18.6 Å². The van der Waals surface area contributed by atoms with Crippen LogP contribution in [-0.4, -0.2) is 26.0 Å². The van der Waals surface area contributed by atoms with Crippen molar-refractivity contribution >= 4 is 5.97 Å². The second kappa shape index (κ2) is 5.24. The van der Waals surface area contributed by atoms with Gasteiger partial charge in [0.05, 0.1) is 11.4 Å². The van der Waals surface area contributed by atoms with Gasteiger partial charge in [0.2, 0.25) is 0 Å². The number of carboxylic acid groups (broad SMARTS) is 1. The molecule has 1 aromatic carbocycles. The van der Waals surface area contributed by atoms with Crippen LogP contribution in [0.2, 0.25) is 0 Å². The maximum Gasteiger partial charge on any atom is 0.356 e. The Morgan fingerprint density at radius 1 is 1.29 bits per heavy atom. The minimum Gasteiger partial charge on any atom is -0.476 e. The minimum absolute atomic E-state index is 0.00471. The smallest absolute Gasteiger partial charge is 0.356 e. The van der Waals surface area contributed by atoms with Crippen LogP contribution in [0.5, 0.6) is 0 Å². The Kier molecular flexibility index (Phi) is 3.27. The summed E-state index contributed by atoms with van der Waals surface area (Å²) in [5.41, 5.74) is 2.40. The van der Waals surface area contributed by atoms with E-state index in [0.29, 0.717) is 12.3 Å². The van der Waals surface area contributed by atoms with Gasteiger partial charge in [0.15, 0.2) is 11.5 Å². The summed E-state index contributed by atoms with van der Waals surface area (Å²) in [6.07, 6.45) is 0. The Morgan fingerprint density at radius 2 is 2.05 bits per heavy atom. The highest BCUT2D eigenvalue weighted by atomic mass is 16.5. The van der Waals surface area contributed by atoms with Crippen LogP contribution in [0.1, 0.15) is 21.9 Å². The molecule has 2 heterocycles.